The molecule has 1 N–H and O–H groups in total. The molecule has 0 spiro atoms. The van der Waals surface area contributed by atoms with Crippen LogP contribution in [0, 0.1) is 0 Å². The van der Waals surface area contributed by atoms with Gasteiger partial charge in [0.15, 0.2) is 0 Å². The number of nitrogens with zero attached hydrogens (tertiary/aromatic N) is 3. The average Bonchev–Trinajstić information content (AvgIpc) is 2.68. The summed E-state index contributed by atoms with van der Waals surface area (Å²) in [6, 6.07) is 3.04. The lowest BCUT2D eigenvalue weighted by Crippen LogP contribution is -2.48. The van der Waals surface area contributed by atoms with Crippen molar-refractivity contribution in [2.75, 3.05) is 19.6 Å². The van der Waals surface area contributed by atoms with Crippen LogP contribution in [0.2, 0.25) is 0 Å². The Morgan fingerprint density at radius 1 is 1.30 bits per heavy atom. The lowest BCUT2D eigenvalue weighted by atomic mass is 10.0. The van der Waals surface area contributed by atoms with Crippen molar-refractivity contribution in [3.05, 3.63) is 39.8 Å². The quantitative estimate of drug-likeness (QED) is 0.801. The Hall–Kier alpha value is -2.42. The maximum Gasteiger partial charge on any atom is 0.416 e. The predicted molar refractivity (Wildman–Crippen MR) is 108 cm³/mol. The van der Waals surface area contributed by atoms with Crippen molar-refractivity contribution in [1.29, 1.82) is 0 Å². The van der Waals surface area contributed by atoms with E-state index in [4.69, 9.17) is 0 Å². The Morgan fingerprint density at radius 2 is 2.03 bits per heavy atom. The van der Waals surface area contributed by atoms with Crippen molar-refractivity contribution in [2.24, 2.45) is 0 Å². The van der Waals surface area contributed by atoms with E-state index in [1.54, 1.807) is 13.8 Å². The first-order chi connectivity index (χ1) is 14.1. The van der Waals surface area contributed by atoms with Crippen molar-refractivity contribution in [1.82, 2.24) is 20.0 Å². The molecule has 0 radical (unpaired) electrons. The van der Waals surface area contributed by atoms with Gasteiger partial charge in [0, 0.05) is 18.0 Å². The number of halogens is 3. The molecule has 0 saturated carbocycles. The van der Waals surface area contributed by atoms with Crippen LogP contribution in [0.15, 0.2) is 23.0 Å². The van der Waals surface area contributed by atoms with Crippen molar-refractivity contribution in [2.45, 2.75) is 58.3 Å². The lowest BCUT2D eigenvalue weighted by molar-refractivity contribution is -0.137. The number of hydrogen-bond donors (Lipinski definition) is 1. The summed E-state index contributed by atoms with van der Waals surface area (Å²) < 4.78 is 40.4. The van der Waals surface area contributed by atoms with Crippen LogP contribution in [0.3, 0.4) is 0 Å². The number of benzene rings is 1. The Labute approximate surface area is 173 Å². The minimum atomic E-state index is -4.51. The molecular formula is C21H27F3N4O2. The summed E-state index contributed by atoms with van der Waals surface area (Å²) >= 11 is 0. The third-order valence-electron chi connectivity index (χ3n) is 5.47. The van der Waals surface area contributed by atoms with Crippen LogP contribution in [-0.2, 0) is 17.5 Å². The molecule has 1 aliphatic rings. The number of likely N-dealkylation sites (tertiary alicyclic amines) is 1. The summed E-state index contributed by atoms with van der Waals surface area (Å²) in [6.07, 6.45) is -2.64. The summed E-state index contributed by atoms with van der Waals surface area (Å²) in [5.41, 5.74) is -1.04. The summed E-state index contributed by atoms with van der Waals surface area (Å²) in [7, 11) is 0. The maximum absolute atomic E-state index is 13.1. The van der Waals surface area contributed by atoms with E-state index >= 15 is 0 Å². The molecule has 1 atom stereocenters. The molecular weight excluding hydrogens is 397 g/mol. The van der Waals surface area contributed by atoms with Gasteiger partial charge in [0.2, 0.25) is 5.91 Å². The van der Waals surface area contributed by atoms with Gasteiger partial charge < -0.3 is 10.2 Å². The largest absolute Gasteiger partial charge is 0.416 e. The second-order valence-corrected chi connectivity index (χ2v) is 8.06. The smallest absolute Gasteiger partial charge is 0.350 e. The Balaban J connectivity index is 1.90. The molecule has 1 aliphatic heterocycles. The van der Waals surface area contributed by atoms with Crippen LogP contribution in [0.25, 0.3) is 10.8 Å². The number of alkyl halides is 3. The zero-order valence-corrected chi connectivity index (χ0v) is 17.4. The van der Waals surface area contributed by atoms with Crippen molar-refractivity contribution in [3.8, 4) is 0 Å². The van der Waals surface area contributed by atoms with E-state index in [0.29, 0.717) is 5.69 Å². The molecule has 6 nitrogen and oxygen atoms in total. The minimum absolute atomic E-state index is 0.0151. The average molecular weight is 424 g/mol. The molecule has 0 bridgehead atoms. The van der Waals surface area contributed by atoms with Crippen LogP contribution >= 0.6 is 0 Å². The molecule has 2 heterocycles. The molecule has 9 heteroatoms. The number of fused-ring (bicyclic) bond motifs is 1. The van der Waals surface area contributed by atoms with E-state index in [9.17, 15) is 22.8 Å². The summed E-state index contributed by atoms with van der Waals surface area (Å²) in [5, 5.41) is 7.51. The van der Waals surface area contributed by atoms with Crippen LogP contribution in [0.1, 0.15) is 50.8 Å². The second kappa shape index (κ2) is 8.75. The highest BCUT2D eigenvalue weighted by atomic mass is 19.4. The molecule has 0 aliphatic carbocycles. The molecule has 1 amide bonds. The third kappa shape index (κ3) is 4.83. The topological polar surface area (TPSA) is 67.2 Å². The van der Waals surface area contributed by atoms with Crippen LogP contribution < -0.4 is 10.9 Å². The fourth-order valence-electron chi connectivity index (χ4n) is 3.89. The van der Waals surface area contributed by atoms with Gasteiger partial charge in [-0.05, 0) is 50.0 Å². The number of piperidine rings is 1. The monoisotopic (exact) mass is 424 g/mol. The third-order valence-corrected chi connectivity index (χ3v) is 5.47. The second-order valence-electron chi connectivity index (χ2n) is 8.06. The van der Waals surface area contributed by atoms with Gasteiger partial charge in [0.1, 0.15) is 6.54 Å². The Morgan fingerprint density at radius 3 is 2.67 bits per heavy atom. The van der Waals surface area contributed by atoms with Gasteiger partial charge in [0.05, 0.1) is 16.6 Å². The Kier molecular flexibility index (Phi) is 6.50. The van der Waals surface area contributed by atoms with Crippen LogP contribution in [-0.4, -0.2) is 46.3 Å². The SMILES string of the molecule is CCN1CCCC(NC(=O)Cn2nc(C(C)C)c3cc(C(F)(F)F)ccc3c2=O)C1. The number of carbonyl (C=O) groups is 1. The molecule has 1 aromatic carbocycles. The van der Waals surface area contributed by atoms with Gasteiger partial charge in [-0.15, -0.1) is 0 Å². The zero-order valence-electron chi connectivity index (χ0n) is 17.4. The van der Waals surface area contributed by atoms with Gasteiger partial charge in [-0.3, -0.25) is 9.59 Å². The first-order valence-corrected chi connectivity index (χ1v) is 10.2. The van der Waals surface area contributed by atoms with Gasteiger partial charge in [-0.1, -0.05) is 20.8 Å². The van der Waals surface area contributed by atoms with E-state index in [1.165, 1.54) is 6.07 Å². The molecule has 164 valence electrons. The van der Waals surface area contributed by atoms with E-state index in [0.717, 1.165) is 49.3 Å². The fourth-order valence-corrected chi connectivity index (χ4v) is 3.89. The minimum Gasteiger partial charge on any atom is -0.350 e. The molecule has 1 saturated heterocycles. The highest BCUT2D eigenvalue weighted by molar-refractivity contribution is 5.85. The highest BCUT2D eigenvalue weighted by Gasteiger charge is 2.31. The number of hydrogen-bond acceptors (Lipinski definition) is 4. The molecule has 1 unspecified atom stereocenters. The standard InChI is InChI=1S/C21H27F3N4O2/c1-4-27-9-5-6-15(11-27)25-18(29)12-28-20(30)16-8-7-14(21(22,23)24)10-17(16)19(26-28)13(2)3/h7-8,10,13,15H,4-6,9,11-12H2,1-3H3,(H,25,29). The first kappa shape index (κ1) is 22.3. The molecule has 30 heavy (non-hydrogen) atoms. The maximum atomic E-state index is 13.1. The van der Waals surface area contributed by atoms with E-state index < -0.39 is 17.3 Å². The summed E-state index contributed by atoms with van der Waals surface area (Å²) in [6.45, 7) is 8.07. The molecule has 1 fully saturated rings. The van der Waals surface area contributed by atoms with Gasteiger partial charge in [-0.25, -0.2) is 4.68 Å². The predicted octanol–water partition coefficient (Wildman–Crippen LogP) is 3.14. The fraction of sp³-hybridized carbons (Fsp3) is 0.571. The van der Waals surface area contributed by atoms with Crippen molar-refractivity contribution >= 4 is 16.7 Å². The number of rotatable bonds is 5. The van der Waals surface area contributed by atoms with Crippen LogP contribution in [0.4, 0.5) is 13.2 Å². The van der Waals surface area contributed by atoms with E-state index in [1.807, 2.05) is 0 Å². The van der Waals surface area contributed by atoms with Crippen molar-refractivity contribution in [3.63, 3.8) is 0 Å². The number of likely N-dealkylation sites (N-methyl/N-ethyl adjacent to an activating group) is 1. The van der Waals surface area contributed by atoms with Crippen molar-refractivity contribution < 1.29 is 18.0 Å². The summed E-state index contributed by atoms with van der Waals surface area (Å²) in [4.78, 5) is 27.6. The summed E-state index contributed by atoms with van der Waals surface area (Å²) in [5.74, 6) is -0.545. The Bertz CT molecular complexity index is 985. The number of nitrogens with one attached hydrogen (secondary N) is 1. The van der Waals surface area contributed by atoms with Gasteiger partial charge in [0.25, 0.3) is 5.56 Å². The highest BCUT2D eigenvalue weighted by Crippen LogP contribution is 2.32. The normalized spacial score (nSPS) is 18.2. The zero-order chi connectivity index (χ0) is 22.1. The lowest BCUT2D eigenvalue weighted by Gasteiger charge is -2.32. The molecule has 2 aromatic rings. The van der Waals surface area contributed by atoms with E-state index in [2.05, 4.69) is 22.2 Å². The van der Waals surface area contributed by atoms with Crippen LogP contribution in [0.5, 0.6) is 0 Å². The number of amides is 1. The first-order valence-electron chi connectivity index (χ1n) is 10.2. The molecule has 1 aromatic heterocycles. The number of aromatic nitrogens is 2. The van der Waals surface area contributed by atoms with Gasteiger partial charge >= 0.3 is 6.18 Å². The van der Waals surface area contributed by atoms with E-state index in [-0.39, 0.29) is 35.2 Å². The molecule has 3 rings (SSSR count). The number of carbonyl (C=O) groups excluding carboxylic acids is 1. The van der Waals surface area contributed by atoms with Gasteiger partial charge in [-0.2, -0.15) is 18.3 Å².